The van der Waals surface area contributed by atoms with Crippen molar-refractivity contribution < 1.29 is 56.6 Å². The molecule has 0 spiro atoms. The van der Waals surface area contributed by atoms with Crippen LogP contribution in [0.15, 0.2) is 91.0 Å². The summed E-state index contributed by atoms with van der Waals surface area (Å²) in [5.41, 5.74) is 2.76. The van der Waals surface area contributed by atoms with E-state index in [1.54, 1.807) is 0 Å². The summed E-state index contributed by atoms with van der Waals surface area (Å²) in [5, 5.41) is -0.105. The number of carbonyl (C=O) groups is 2. The third kappa shape index (κ3) is 9.37. The van der Waals surface area contributed by atoms with E-state index in [-0.39, 0.29) is 31.5 Å². The monoisotopic (exact) mass is 833 g/mol. The van der Waals surface area contributed by atoms with Crippen LogP contribution < -0.4 is 0 Å². The first-order valence-corrected chi connectivity index (χ1v) is 23.5. The molecule has 14 heteroatoms. The van der Waals surface area contributed by atoms with E-state index in [0.29, 0.717) is 5.92 Å². The van der Waals surface area contributed by atoms with Gasteiger partial charge in [0.05, 0.1) is 26.4 Å². The van der Waals surface area contributed by atoms with Gasteiger partial charge in [0, 0.05) is 19.6 Å². The highest BCUT2D eigenvalue weighted by Gasteiger charge is 2.61. The topological polar surface area (TPSA) is 130 Å². The number of benzene rings is 3. The van der Waals surface area contributed by atoms with Gasteiger partial charge in [0.2, 0.25) is 5.91 Å². The van der Waals surface area contributed by atoms with E-state index >= 15 is 0 Å². The minimum absolute atomic E-state index is 0.105. The first-order chi connectivity index (χ1) is 28.3. The smallest absolute Gasteiger partial charge is 0.417 e. The Hall–Kier alpha value is -3.54. The van der Waals surface area contributed by atoms with Crippen molar-refractivity contribution in [3.05, 3.63) is 108 Å². The molecule has 7 rings (SSSR count). The Labute approximate surface area is 348 Å². The molecule has 4 heterocycles. The summed E-state index contributed by atoms with van der Waals surface area (Å²) in [4.78, 5) is 27.4. The molecule has 59 heavy (non-hydrogen) atoms. The Bertz CT molecular complexity index is 1830. The number of nitrogens with zero attached hydrogens (tertiary/aromatic N) is 1. The number of rotatable bonds is 15. The van der Waals surface area contributed by atoms with Gasteiger partial charge in [-0.25, -0.2) is 9.69 Å². The van der Waals surface area contributed by atoms with Crippen LogP contribution in [0.4, 0.5) is 4.79 Å². The fourth-order valence-electron chi connectivity index (χ4n) is 8.09. The second-order valence-electron chi connectivity index (χ2n) is 17.0. The maximum Gasteiger partial charge on any atom is 0.417 e. The van der Waals surface area contributed by atoms with Crippen molar-refractivity contribution in [1.29, 1.82) is 0 Å². The lowest BCUT2D eigenvalue weighted by Gasteiger charge is -2.51. The van der Waals surface area contributed by atoms with Gasteiger partial charge < -0.3 is 47.1 Å². The maximum absolute atomic E-state index is 13.4. The van der Waals surface area contributed by atoms with Crippen LogP contribution in [0.3, 0.4) is 0 Å². The van der Waals surface area contributed by atoms with Gasteiger partial charge in [0.15, 0.2) is 33.3 Å². The van der Waals surface area contributed by atoms with Crippen LogP contribution in [0.25, 0.3) is 0 Å². The molecule has 0 unspecified atom stereocenters. The second kappa shape index (κ2) is 18.6. The summed E-state index contributed by atoms with van der Waals surface area (Å²) < 4.78 is 65.8. The summed E-state index contributed by atoms with van der Waals surface area (Å²) in [6, 6.07) is 28.5. The second-order valence-corrected chi connectivity index (χ2v) is 21.6. The average molecular weight is 834 g/mol. The number of ether oxygens (including phenoxy) is 9. The Morgan fingerprint density at radius 1 is 0.814 bits per heavy atom. The molecule has 11 atom stereocenters. The van der Waals surface area contributed by atoms with Gasteiger partial charge in [0.1, 0.15) is 42.7 Å². The number of hydrogen-bond acceptors (Lipinski definition) is 12. The summed E-state index contributed by atoms with van der Waals surface area (Å²) in [6.45, 7) is 15.3. The van der Waals surface area contributed by atoms with E-state index in [4.69, 9.17) is 47.1 Å². The van der Waals surface area contributed by atoms with Gasteiger partial charge in [-0.05, 0) is 35.2 Å². The zero-order valence-corrected chi connectivity index (χ0v) is 36.3. The Morgan fingerprint density at radius 3 is 1.98 bits per heavy atom. The number of fused-ring (bicyclic) bond motifs is 2. The molecule has 0 saturated carbocycles. The van der Waals surface area contributed by atoms with Crippen molar-refractivity contribution in [2.75, 3.05) is 20.3 Å². The third-order valence-electron chi connectivity index (χ3n) is 12.7. The molecule has 0 aliphatic carbocycles. The van der Waals surface area contributed by atoms with Crippen molar-refractivity contribution in [2.45, 2.75) is 134 Å². The van der Waals surface area contributed by atoms with E-state index in [0.717, 1.165) is 21.6 Å². The highest BCUT2D eigenvalue weighted by atomic mass is 28.4. The van der Waals surface area contributed by atoms with Crippen molar-refractivity contribution in [3.63, 3.8) is 0 Å². The number of methoxy groups -OCH3 is 1. The lowest BCUT2D eigenvalue weighted by atomic mass is 9.94. The summed E-state index contributed by atoms with van der Waals surface area (Å²) in [7, 11) is -0.931. The molecule has 4 aliphatic rings. The first kappa shape index (κ1) is 43.5. The molecule has 320 valence electrons. The number of amides is 2. The summed E-state index contributed by atoms with van der Waals surface area (Å²) in [6.07, 6.45) is -9.27. The fraction of sp³-hybridized carbons (Fsp3) is 0.556. The maximum atomic E-state index is 13.4. The van der Waals surface area contributed by atoms with Crippen LogP contribution in [0.1, 0.15) is 57.6 Å². The molecule has 0 N–H and O–H groups in total. The molecule has 4 fully saturated rings. The summed E-state index contributed by atoms with van der Waals surface area (Å²) in [5.74, 6) is -0.159. The predicted molar refractivity (Wildman–Crippen MR) is 218 cm³/mol. The Morgan fingerprint density at radius 2 is 1.41 bits per heavy atom. The first-order valence-electron chi connectivity index (χ1n) is 20.6. The lowest BCUT2D eigenvalue weighted by Crippen LogP contribution is -2.67. The molecule has 0 radical (unpaired) electrons. The Kier molecular flexibility index (Phi) is 13.7. The average Bonchev–Trinajstić information content (AvgIpc) is 3.59. The van der Waals surface area contributed by atoms with E-state index < -0.39 is 88.0 Å². The Balaban J connectivity index is 1.25. The van der Waals surface area contributed by atoms with Crippen LogP contribution in [-0.2, 0) is 65.1 Å². The van der Waals surface area contributed by atoms with Gasteiger partial charge >= 0.3 is 6.09 Å². The van der Waals surface area contributed by atoms with Gasteiger partial charge in [-0.1, -0.05) is 119 Å². The van der Waals surface area contributed by atoms with Crippen LogP contribution >= 0.6 is 0 Å². The van der Waals surface area contributed by atoms with Crippen LogP contribution in [0.5, 0.6) is 0 Å². The fourth-order valence-corrected chi connectivity index (χ4v) is 10.4. The normalized spacial score (nSPS) is 31.1. The van der Waals surface area contributed by atoms with E-state index in [2.05, 4.69) is 40.8 Å². The molecule has 0 aromatic heterocycles. The largest absolute Gasteiger partial charge is 0.440 e. The van der Waals surface area contributed by atoms with E-state index in [9.17, 15) is 9.59 Å². The van der Waals surface area contributed by atoms with Gasteiger partial charge in [-0.2, -0.15) is 0 Å². The molecule has 13 nitrogen and oxygen atoms in total. The zero-order chi connectivity index (χ0) is 41.9. The molecular formula is C45H59NO12Si. The van der Waals surface area contributed by atoms with Crippen molar-refractivity contribution in [2.24, 2.45) is 5.92 Å². The van der Waals surface area contributed by atoms with Gasteiger partial charge in [0.25, 0.3) is 0 Å². The van der Waals surface area contributed by atoms with Crippen molar-refractivity contribution in [3.8, 4) is 0 Å². The lowest BCUT2D eigenvalue weighted by molar-refractivity contribution is -0.388. The molecule has 4 aliphatic heterocycles. The molecule has 4 saturated heterocycles. The summed E-state index contributed by atoms with van der Waals surface area (Å²) >= 11 is 0. The molecule has 3 aromatic carbocycles. The highest BCUT2D eigenvalue weighted by molar-refractivity contribution is 6.74. The van der Waals surface area contributed by atoms with Crippen LogP contribution in [-0.4, -0.2) is 107 Å². The minimum Gasteiger partial charge on any atom is -0.440 e. The van der Waals surface area contributed by atoms with Crippen molar-refractivity contribution >= 4 is 20.3 Å². The number of imide groups is 1. The van der Waals surface area contributed by atoms with Crippen molar-refractivity contribution in [1.82, 2.24) is 4.90 Å². The molecular weight excluding hydrogens is 775 g/mol. The third-order valence-corrected chi connectivity index (χ3v) is 17.3. The SMILES string of the molecule is CO[C@@H]1O[C@H](CO[Si](C)(C)C(C)(C)C(C)C)[C@@H](O[C@@H]2O[C@@H]3CO[C@@H](c4ccccc4)O[C@H]3[C@H](OCc3ccccc3)[C@@H]2OCc2ccccc2)[C@@H]2OC(=O)N(C(C)=O)[C@@H]12. The zero-order valence-electron chi connectivity index (χ0n) is 35.3. The van der Waals surface area contributed by atoms with Gasteiger partial charge in [-0.3, -0.25) is 4.79 Å². The number of carbonyl (C=O) groups excluding carboxylic acids is 2. The standard InChI is InChI=1S/C45H59NO12Si/c1-28(2)45(4,5)59(7,8)53-27-34-36(38-35(42(49-6)54-34)46(29(3)47)44(48)58-38)57-43-40(51-25-31-20-14-10-15-21-31)39(50-24-30-18-12-9-13-19-30)37-33(55-43)26-52-41(56-37)32-22-16-11-17-23-32/h9-23,28,33-43H,24-27H2,1-8H3/t33-,34-,35-,36-,37-,38-,39+,40+,41-,42-,43+/m1/s1. The quantitative estimate of drug-likeness (QED) is 0.144. The van der Waals surface area contributed by atoms with E-state index in [1.165, 1.54) is 14.0 Å². The molecule has 2 amide bonds. The highest BCUT2D eigenvalue weighted by Crippen LogP contribution is 2.46. The van der Waals surface area contributed by atoms with Gasteiger partial charge in [-0.15, -0.1) is 0 Å². The predicted octanol–water partition coefficient (Wildman–Crippen LogP) is 7.15. The van der Waals surface area contributed by atoms with E-state index in [1.807, 2.05) is 91.0 Å². The molecule has 3 aromatic rings. The van der Waals surface area contributed by atoms with Crippen LogP contribution in [0, 0.1) is 5.92 Å². The molecule has 0 bridgehead atoms. The van der Waals surface area contributed by atoms with Crippen LogP contribution in [0.2, 0.25) is 18.1 Å². The number of hydrogen-bond donors (Lipinski definition) is 0. The minimum atomic E-state index is -2.40.